The first-order valence-electron chi connectivity index (χ1n) is 8.96. The molecule has 2 nitrogen and oxygen atoms in total. The Hall–Kier alpha value is -3.13. The van der Waals surface area contributed by atoms with Gasteiger partial charge in [-0.15, -0.1) is 0 Å². The van der Waals surface area contributed by atoms with Crippen molar-refractivity contribution in [3.05, 3.63) is 120 Å². The number of ether oxygens (including phenoxy) is 1. The number of allylic oxidation sites excluding steroid dienone is 1. The number of aliphatic imine (C=N–C) groups is 1. The molecule has 0 aromatic heterocycles. The minimum Gasteiger partial charge on any atom is -0.495 e. The van der Waals surface area contributed by atoms with Gasteiger partial charge in [0.25, 0.3) is 0 Å². The Labute approximate surface area is 154 Å². The second-order valence-electron chi connectivity index (χ2n) is 6.25. The van der Waals surface area contributed by atoms with E-state index in [9.17, 15) is 0 Å². The van der Waals surface area contributed by atoms with Crippen LogP contribution in [0.3, 0.4) is 0 Å². The highest BCUT2D eigenvalue weighted by Gasteiger charge is 2.43. The normalized spacial score (nSPS) is 15.3. The van der Waals surface area contributed by atoms with Gasteiger partial charge >= 0.3 is 0 Å². The van der Waals surface area contributed by atoms with E-state index in [-0.39, 0.29) is 0 Å². The lowest BCUT2D eigenvalue weighted by molar-refractivity contribution is 0.193. The van der Waals surface area contributed by atoms with Gasteiger partial charge in [0.2, 0.25) is 0 Å². The van der Waals surface area contributed by atoms with Crippen LogP contribution in [0.1, 0.15) is 23.6 Å². The van der Waals surface area contributed by atoms with Gasteiger partial charge in [0.15, 0.2) is 5.54 Å². The molecule has 0 radical (unpaired) electrons. The van der Waals surface area contributed by atoms with Gasteiger partial charge in [-0.3, -0.25) is 4.99 Å². The number of benzene rings is 3. The second kappa shape index (κ2) is 7.01. The van der Waals surface area contributed by atoms with Crippen molar-refractivity contribution in [1.29, 1.82) is 0 Å². The molecule has 0 saturated carbocycles. The van der Waals surface area contributed by atoms with E-state index in [1.807, 2.05) is 37.3 Å². The molecule has 128 valence electrons. The van der Waals surface area contributed by atoms with Crippen LogP contribution in [-0.4, -0.2) is 12.3 Å². The first-order valence-corrected chi connectivity index (χ1v) is 8.96. The van der Waals surface area contributed by atoms with Gasteiger partial charge < -0.3 is 4.74 Å². The maximum atomic E-state index is 6.13. The van der Waals surface area contributed by atoms with E-state index in [4.69, 9.17) is 9.73 Å². The van der Waals surface area contributed by atoms with Crippen molar-refractivity contribution in [3.8, 4) is 0 Å². The molecule has 0 fully saturated rings. The Morgan fingerprint density at radius 2 is 1.23 bits per heavy atom. The highest BCUT2D eigenvalue weighted by molar-refractivity contribution is 6.11. The Bertz CT molecular complexity index is 888. The van der Waals surface area contributed by atoms with Crippen molar-refractivity contribution < 1.29 is 4.74 Å². The summed E-state index contributed by atoms with van der Waals surface area (Å²) in [4.78, 5) is 5.23. The summed E-state index contributed by atoms with van der Waals surface area (Å²) in [6.07, 6.45) is 2.08. The van der Waals surface area contributed by atoms with E-state index >= 15 is 0 Å². The molecule has 0 atom stereocenters. The van der Waals surface area contributed by atoms with Gasteiger partial charge in [0.05, 0.1) is 12.3 Å². The summed E-state index contributed by atoms with van der Waals surface area (Å²) in [7, 11) is 0. The van der Waals surface area contributed by atoms with E-state index < -0.39 is 5.54 Å². The zero-order valence-corrected chi connectivity index (χ0v) is 14.8. The lowest BCUT2D eigenvalue weighted by Gasteiger charge is -2.30. The summed E-state index contributed by atoms with van der Waals surface area (Å²) < 4.78 is 6.13. The molecule has 4 rings (SSSR count). The average Bonchev–Trinajstić information content (AvgIpc) is 3.11. The highest BCUT2D eigenvalue weighted by Crippen LogP contribution is 2.45. The molecular weight excluding hydrogens is 318 g/mol. The molecule has 0 unspecified atom stereocenters. The van der Waals surface area contributed by atoms with E-state index in [2.05, 4.69) is 66.7 Å². The van der Waals surface area contributed by atoms with Gasteiger partial charge in [0, 0.05) is 6.08 Å². The third-order valence-corrected chi connectivity index (χ3v) is 4.67. The van der Waals surface area contributed by atoms with Crippen LogP contribution in [0.25, 0.3) is 0 Å². The highest BCUT2D eigenvalue weighted by atomic mass is 16.5. The van der Waals surface area contributed by atoms with Gasteiger partial charge in [-0.2, -0.15) is 0 Å². The molecule has 0 saturated heterocycles. The standard InChI is InChI=1S/C24H21NO/c1-2-26-23-18-22(19-12-6-3-7-13-19)25-24(23,20-14-8-4-9-15-20)21-16-10-5-11-17-21/h3-18H,2H2,1H3. The monoisotopic (exact) mass is 339 g/mol. The smallest absolute Gasteiger partial charge is 0.168 e. The SMILES string of the molecule is CCOC1=CC(c2ccccc2)=NC1(c1ccccc1)c1ccccc1. The molecule has 2 heteroatoms. The molecule has 26 heavy (non-hydrogen) atoms. The van der Waals surface area contributed by atoms with Gasteiger partial charge in [0.1, 0.15) is 5.76 Å². The number of hydrogen-bond donors (Lipinski definition) is 0. The lowest BCUT2D eigenvalue weighted by atomic mass is 9.82. The van der Waals surface area contributed by atoms with Crippen molar-refractivity contribution in [2.24, 2.45) is 4.99 Å². The summed E-state index contributed by atoms with van der Waals surface area (Å²) in [6, 6.07) is 31.0. The van der Waals surface area contributed by atoms with Crippen LogP contribution < -0.4 is 0 Å². The molecule has 1 aliphatic rings. The molecule has 3 aromatic carbocycles. The molecule has 0 spiro atoms. The maximum Gasteiger partial charge on any atom is 0.168 e. The van der Waals surface area contributed by atoms with Crippen molar-refractivity contribution in [2.75, 3.05) is 6.61 Å². The summed E-state index contributed by atoms with van der Waals surface area (Å²) in [6.45, 7) is 2.62. The number of rotatable bonds is 5. The van der Waals surface area contributed by atoms with Gasteiger partial charge in [-0.25, -0.2) is 0 Å². The van der Waals surface area contributed by atoms with Crippen molar-refractivity contribution in [3.63, 3.8) is 0 Å². The van der Waals surface area contributed by atoms with Crippen LogP contribution in [0.5, 0.6) is 0 Å². The molecule has 0 amide bonds. The van der Waals surface area contributed by atoms with Crippen LogP contribution in [0.15, 0.2) is 108 Å². The second-order valence-corrected chi connectivity index (χ2v) is 6.25. The van der Waals surface area contributed by atoms with Gasteiger partial charge in [-0.1, -0.05) is 91.0 Å². The molecule has 0 bridgehead atoms. The fourth-order valence-corrected chi connectivity index (χ4v) is 3.49. The predicted octanol–water partition coefficient (Wildman–Crippen LogP) is 5.35. The maximum absolute atomic E-state index is 6.13. The quantitative estimate of drug-likeness (QED) is 0.614. The molecule has 1 aliphatic heterocycles. The van der Waals surface area contributed by atoms with E-state index in [0.29, 0.717) is 6.61 Å². The molecule has 3 aromatic rings. The molecular formula is C24H21NO. The third-order valence-electron chi connectivity index (χ3n) is 4.67. The minimum absolute atomic E-state index is 0.602. The molecule has 0 aliphatic carbocycles. The van der Waals surface area contributed by atoms with Crippen LogP contribution in [0.2, 0.25) is 0 Å². The largest absolute Gasteiger partial charge is 0.495 e. The van der Waals surface area contributed by atoms with Crippen LogP contribution >= 0.6 is 0 Å². The Morgan fingerprint density at radius 3 is 1.73 bits per heavy atom. The summed E-state index contributed by atoms with van der Waals surface area (Å²) in [5.41, 5.74) is 3.61. The summed E-state index contributed by atoms with van der Waals surface area (Å²) >= 11 is 0. The zero-order chi connectivity index (χ0) is 17.8. The lowest BCUT2D eigenvalue weighted by Crippen LogP contribution is -2.27. The first-order chi connectivity index (χ1) is 12.8. The van der Waals surface area contributed by atoms with E-state index in [0.717, 1.165) is 28.2 Å². The van der Waals surface area contributed by atoms with Crippen LogP contribution in [0.4, 0.5) is 0 Å². The van der Waals surface area contributed by atoms with Crippen LogP contribution in [-0.2, 0) is 10.3 Å². The van der Waals surface area contributed by atoms with Gasteiger partial charge in [-0.05, 0) is 23.6 Å². The first kappa shape index (κ1) is 16.3. The Morgan fingerprint density at radius 1 is 0.731 bits per heavy atom. The van der Waals surface area contributed by atoms with Crippen LogP contribution in [0, 0.1) is 0 Å². The van der Waals surface area contributed by atoms with Crippen molar-refractivity contribution in [2.45, 2.75) is 12.5 Å². The number of nitrogens with zero attached hydrogens (tertiary/aromatic N) is 1. The summed E-state index contributed by atoms with van der Waals surface area (Å²) in [5, 5.41) is 0. The zero-order valence-electron chi connectivity index (χ0n) is 14.8. The van der Waals surface area contributed by atoms with E-state index in [1.54, 1.807) is 0 Å². The predicted molar refractivity (Wildman–Crippen MR) is 106 cm³/mol. The summed E-state index contributed by atoms with van der Waals surface area (Å²) in [5.74, 6) is 0.872. The van der Waals surface area contributed by atoms with Crippen molar-refractivity contribution in [1.82, 2.24) is 0 Å². The number of hydrogen-bond acceptors (Lipinski definition) is 2. The fourth-order valence-electron chi connectivity index (χ4n) is 3.49. The fraction of sp³-hybridized carbons (Fsp3) is 0.125. The Balaban J connectivity index is 1.97. The van der Waals surface area contributed by atoms with Crippen molar-refractivity contribution >= 4 is 5.71 Å². The topological polar surface area (TPSA) is 21.6 Å². The van der Waals surface area contributed by atoms with E-state index in [1.165, 1.54) is 0 Å². The minimum atomic E-state index is -0.649. The third kappa shape index (κ3) is 2.74. The molecule has 0 N–H and O–H groups in total. The molecule has 1 heterocycles. The Kier molecular flexibility index (Phi) is 4.40. The average molecular weight is 339 g/mol.